The Balaban J connectivity index is 1.80. The number of aromatic nitrogens is 2. The molecule has 0 atom stereocenters. The fraction of sp³-hybridized carbons (Fsp3) is 0.615. The van der Waals surface area contributed by atoms with Gasteiger partial charge in [-0.3, -0.25) is 0 Å². The van der Waals surface area contributed by atoms with Gasteiger partial charge in [-0.05, 0) is 32.0 Å². The standard InChI is InChI=1S/C13H20N4O2/c1-19-13(18)12-15-6-5-11(16-12)14-7-10-17-8-3-2-4-9-17/h5-6H,2-4,7-10H2,1H3,(H,14,15,16). The third kappa shape index (κ3) is 4.17. The van der Waals surface area contributed by atoms with Crippen LogP contribution in [0.15, 0.2) is 12.3 Å². The number of hydrogen-bond donors (Lipinski definition) is 1. The van der Waals surface area contributed by atoms with E-state index in [1.807, 2.05) is 0 Å². The first-order valence-electron chi connectivity index (χ1n) is 6.67. The van der Waals surface area contributed by atoms with E-state index in [2.05, 4.69) is 24.9 Å². The molecular weight excluding hydrogens is 244 g/mol. The Kier molecular flexibility index (Phi) is 5.09. The van der Waals surface area contributed by atoms with Gasteiger partial charge in [0.25, 0.3) is 0 Å². The van der Waals surface area contributed by atoms with Crippen molar-refractivity contribution in [3.8, 4) is 0 Å². The molecule has 0 spiro atoms. The van der Waals surface area contributed by atoms with E-state index in [-0.39, 0.29) is 5.82 Å². The summed E-state index contributed by atoms with van der Waals surface area (Å²) in [5.41, 5.74) is 0. The van der Waals surface area contributed by atoms with E-state index in [4.69, 9.17) is 0 Å². The molecule has 1 saturated heterocycles. The van der Waals surface area contributed by atoms with Crippen LogP contribution in [0.3, 0.4) is 0 Å². The predicted octanol–water partition coefficient (Wildman–Crippen LogP) is 1.16. The number of likely N-dealkylation sites (tertiary alicyclic amines) is 1. The molecule has 1 aliphatic rings. The Labute approximate surface area is 113 Å². The zero-order chi connectivity index (χ0) is 13.5. The Hall–Kier alpha value is -1.69. The molecule has 0 aliphatic carbocycles. The summed E-state index contributed by atoms with van der Waals surface area (Å²) in [7, 11) is 1.32. The molecule has 19 heavy (non-hydrogen) atoms. The van der Waals surface area contributed by atoms with Gasteiger partial charge in [0, 0.05) is 19.3 Å². The maximum Gasteiger partial charge on any atom is 0.376 e. The minimum absolute atomic E-state index is 0.0884. The Morgan fingerprint density at radius 3 is 2.95 bits per heavy atom. The summed E-state index contributed by atoms with van der Waals surface area (Å²) in [5, 5.41) is 3.21. The molecule has 6 heteroatoms. The van der Waals surface area contributed by atoms with Crippen molar-refractivity contribution < 1.29 is 9.53 Å². The number of carbonyl (C=O) groups excluding carboxylic acids is 1. The van der Waals surface area contributed by atoms with Crippen molar-refractivity contribution in [3.63, 3.8) is 0 Å². The largest absolute Gasteiger partial charge is 0.463 e. The SMILES string of the molecule is COC(=O)c1nccc(NCCN2CCCCC2)n1. The van der Waals surface area contributed by atoms with Crippen molar-refractivity contribution in [3.05, 3.63) is 18.1 Å². The summed E-state index contributed by atoms with van der Waals surface area (Å²) >= 11 is 0. The van der Waals surface area contributed by atoms with Crippen LogP contribution in [0.2, 0.25) is 0 Å². The Morgan fingerprint density at radius 1 is 1.42 bits per heavy atom. The van der Waals surface area contributed by atoms with Gasteiger partial charge in [-0.1, -0.05) is 6.42 Å². The van der Waals surface area contributed by atoms with Gasteiger partial charge in [0.15, 0.2) is 0 Å². The quantitative estimate of drug-likeness (QED) is 0.805. The van der Waals surface area contributed by atoms with Gasteiger partial charge in [-0.15, -0.1) is 0 Å². The molecule has 0 saturated carbocycles. The molecule has 2 heterocycles. The number of methoxy groups -OCH3 is 1. The van der Waals surface area contributed by atoms with E-state index in [1.165, 1.54) is 39.5 Å². The molecule has 0 amide bonds. The summed E-state index contributed by atoms with van der Waals surface area (Å²) in [6.45, 7) is 4.17. The average Bonchev–Trinajstić information content (AvgIpc) is 2.48. The topological polar surface area (TPSA) is 67.3 Å². The van der Waals surface area contributed by atoms with Crippen LogP contribution >= 0.6 is 0 Å². The normalized spacial score (nSPS) is 16.1. The van der Waals surface area contributed by atoms with E-state index >= 15 is 0 Å². The Bertz CT molecular complexity index is 419. The van der Waals surface area contributed by atoms with Crippen LogP contribution in [0.1, 0.15) is 29.9 Å². The molecular formula is C13H20N4O2. The lowest BCUT2D eigenvalue weighted by Crippen LogP contribution is -2.33. The zero-order valence-corrected chi connectivity index (χ0v) is 11.3. The molecule has 1 N–H and O–H groups in total. The monoisotopic (exact) mass is 264 g/mol. The van der Waals surface area contributed by atoms with Crippen LogP contribution in [-0.4, -0.2) is 54.1 Å². The molecule has 6 nitrogen and oxygen atoms in total. The number of carbonyl (C=O) groups is 1. The number of nitrogens with zero attached hydrogens (tertiary/aromatic N) is 3. The van der Waals surface area contributed by atoms with Gasteiger partial charge in [-0.25, -0.2) is 14.8 Å². The number of rotatable bonds is 5. The van der Waals surface area contributed by atoms with Gasteiger partial charge in [0.05, 0.1) is 7.11 Å². The lowest BCUT2D eigenvalue weighted by molar-refractivity contribution is 0.0587. The van der Waals surface area contributed by atoms with E-state index in [1.54, 1.807) is 12.3 Å². The summed E-state index contributed by atoms with van der Waals surface area (Å²) in [4.78, 5) is 21.7. The maximum atomic E-state index is 11.3. The molecule has 104 valence electrons. The maximum absolute atomic E-state index is 11.3. The summed E-state index contributed by atoms with van der Waals surface area (Å²) < 4.78 is 4.59. The van der Waals surface area contributed by atoms with E-state index in [0.29, 0.717) is 5.82 Å². The van der Waals surface area contributed by atoms with Gasteiger partial charge in [0.2, 0.25) is 5.82 Å². The number of nitrogens with one attached hydrogen (secondary N) is 1. The average molecular weight is 264 g/mol. The molecule has 0 aromatic carbocycles. The van der Waals surface area contributed by atoms with Crippen LogP contribution in [0.5, 0.6) is 0 Å². The first kappa shape index (κ1) is 13.7. The second-order valence-corrected chi connectivity index (χ2v) is 4.59. The van der Waals surface area contributed by atoms with Crippen LogP contribution in [-0.2, 0) is 4.74 Å². The highest BCUT2D eigenvalue weighted by Crippen LogP contribution is 2.08. The molecule has 1 fully saturated rings. The molecule has 2 rings (SSSR count). The predicted molar refractivity (Wildman–Crippen MR) is 72.2 cm³/mol. The summed E-state index contributed by atoms with van der Waals surface area (Å²) in [5.74, 6) is 0.234. The Morgan fingerprint density at radius 2 is 2.21 bits per heavy atom. The van der Waals surface area contributed by atoms with Gasteiger partial charge >= 0.3 is 5.97 Å². The van der Waals surface area contributed by atoms with Crippen molar-refractivity contribution in [1.82, 2.24) is 14.9 Å². The van der Waals surface area contributed by atoms with Crippen LogP contribution in [0.25, 0.3) is 0 Å². The minimum atomic E-state index is -0.514. The third-order valence-electron chi connectivity index (χ3n) is 3.21. The molecule has 1 aliphatic heterocycles. The molecule has 0 radical (unpaired) electrons. The number of esters is 1. The zero-order valence-electron chi connectivity index (χ0n) is 11.3. The number of hydrogen-bond acceptors (Lipinski definition) is 6. The van der Waals surface area contributed by atoms with Crippen molar-refractivity contribution in [2.75, 3.05) is 38.6 Å². The second kappa shape index (κ2) is 7.04. The van der Waals surface area contributed by atoms with Crippen molar-refractivity contribution in [2.24, 2.45) is 0 Å². The van der Waals surface area contributed by atoms with Crippen LogP contribution in [0, 0.1) is 0 Å². The highest BCUT2D eigenvalue weighted by molar-refractivity contribution is 5.85. The molecule has 0 bridgehead atoms. The van der Waals surface area contributed by atoms with E-state index < -0.39 is 5.97 Å². The van der Waals surface area contributed by atoms with Crippen LogP contribution in [0.4, 0.5) is 5.82 Å². The molecule has 1 aromatic heterocycles. The first-order valence-corrected chi connectivity index (χ1v) is 6.67. The highest BCUT2D eigenvalue weighted by atomic mass is 16.5. The fourth-order valence-corrected chi connectivity index (χ4v) is 2.17. The van der Waals surface area contributed by atoms with Crippen molar-refractivity contribution >= 4 is 11.8 Å². The lowest BCUT2D eigenvalue weighted by Gasteiger charge is -2.26. The second-order valence-electron chi connectivity index (χ2n) is 4.59. The highest BCUT2D eigenvalue weighted by Gasteiger charge is 2.11. The van der Waals surface area contributed by atoms with E-state index in [0.717, 1.165) is 13.1 Å². The summed E-state index contributed by atoms with van der Waals surface area (Å²) in [6, 6.07) is 1.75. The van der Waals surface area contributed by atoms with Gasteiger partial charge in [-0.2, -0.15) is 0 Å². The van der Waals surface area contributed by atoms with Gasteiger partial charge < -0.3 is 15.0 Å². The number of piperidine rings is 1. The smallest absolute Gasteiger partial charge is 0.376 e. The molecule has 0 unspecified atom stereocenters. The summed E-state index contributed by atoms with van der Waals surface area (Å²) in [6.07, 6.45) is 5.49. The lowest BCUT2D eigenvalue weighted by atomic mass is 10.1. The number of ether oxygens (including phenoxy) is 1. The number of anilines is 1. The third-order valence-corrected chi connectivity index (χ3v) is 3.21. The van der Waals surface area contributed by atoms with Crippen molar-refractivity contribution in [1.29, 1.82) is 0 Å². The van der Waals surface area contributed by atoms with E-state index in [9.17, 15) is 4.79 Å². The van der Waals surface area contributed by atoms with Crippen LogP contribution < -0.4 is 5.32 Å². The van der Waals surface area contributed by atoms with Gasteiger partial charge in [0.1, 0.15) is 5.82 Å². The first-order chi connectivity index (χ1) is 9.29. The minimum Gasteiger partial charge on any atom is -0.463 e. The molecule has 1 aromatic rings. The van der Waals surface area contributed by atoms with Crippen molar-refractivity contribution in [2.45, 2.75) is 19.3 Å². The fourth-order valence-electron chi connectivity index (χ4n) is 2.17.